The van der Waals surface area contributed by atoms with Crippen molar-refractivity contribution in [2.75, 3.05) is 25.0 Å². The molecule has 1 fully saturated rings. The summed E-state index contributed by atoms with van der Waals surface area (Å²) in [5.74, 6) is 1.26. The average molecular weight is 387 g/mol. The summed E-state index contributed by atoms with van der Waals surface area (Å²) in [5.41, 5.74) is 2.42. The highest BCUT2D eigenvalue weighted by Gasteiger charge is 2.26. The molecule has 0 unspecified atom stereocenters. The van der Waals surface area contributed by atoms with Gasteiger partial charge in [0.25, 0.3) is 0 Å². The molecule has 28 heavy (non-hydrogen) atoms. The van der Waals surface area contributed by atoms with Gasteiger partial charge in [-0.3, -0.25) is 4.68 Å². The second-order valence-electron chi connectivity index (χ2n) is 8.40. The first kappa shape index (κ1) is 20.1. The van der Waals surface area contributed by atoms with E-state index < -0.39 is 5.60 Å². The number of anilines is 1. The summed E-state index contributed by atoms with van der Waals surface area (Å²) in [6.45, 7) is 9.97. The van der Waals surface area contributed by atoms with E-state index in [4.69, 9.17) is 4.74 Å². The molecular weight excluding hydrogens is 356 g/mol. The minimum atomic E-state index is -0.450. The second-order valence-corrected chi connectivity index (χ2v) is 8.40. The van der Waals surface area contributed by atoms with Crippen LogP contribution in [0.25, 0.3) is 11.4 Å². The molecule has 0 atom stereocenters. The van der Waals surface area contributed by atoms with Crippen LogP contribution in [0.15, 0.2) is 18.3 Å². The summed E-state index contributed by atoms with van der Waals surface area (Å²) in [5, 5.41) is 16.2. The summed E-state index contributed by atoms with van der Waals surface area (Å²) >= 11 is 0. The number of aromatic nitrogens is 4. The van der Waals surface area contributed by atoms with Gasteiger partial charge in [0.15, 0.2) is 0 Å². The summed E-state index contributed by atoms with van der Waals surface area (Å²) in [6.07, 6.45) is 3.51. The number of amides is 1. The van der Waals surface area contributed by atoms with E-state index in [-0.39, 0.29) is 6.09 Å². The predicted octanol–water partition coefficient (Wildman–Crippen LogP) is 3.24. The molecule has 152 valence electrons. The zero-order chi connectivity index (χ0) is 20.3. The fourth-order valence-corrected chi connectivity index (χ4v) is 3.36. The Labute approximate surface area is 166 Å². The van der Waals surface area contributed by atoms with Crippen molar-refractivity contribution in [3.63, 3.8) is 0 Å². The summed E-state index contributed by atoms with van der Waals surface area (Å²) in [4.78, 5) is 13.9. The minimum Gasteiger partial charge on any atom is -0.444 e. The zero-order valence-corrected chi connectivity index (χ0v) is 17.4. The summed E-state index contributed by atoms with van der Waals surface area (Å²) in [7, 11) is 1.90. The number of likely N-dealkylation sites (tertiary alicyclic amines) is 1. The number of hydrogen-bond donors (Lipinski definition) is 1. The van der Waals surface area contributed by atoms with Crippen LogP contribution in [0.2, 0.25) is 0 Å². The third kappa shape index (κ3) is 4.99. The van der Waals surface area contributed by atoms with Crippen LogP contribution in [-0.4, -0.2) is 56.2 Å². The molecule has 0 radical (unpaired) electrons. The van der Waals surface area contributed by atoms with Crippen molar-refractivity contribution in [3.05, 3.63) is 23.9 Å². The maximum Gasteiger partial charge on any atom is 0.410 e. The molecule has 0 bridgehead atoms. The predicted molar refractivity (Wildman–Crippen MR) is 108 cm³/mol. The van der Waals surface area contributed by atoms with Crippen LogP contribution < -0.4 is 5.32 Å². The fourth-order valence-electron chi connectivity index (χ4n) is 3.36. The van der Waals surface area contributed by atoms with Gasteiger partial charge in [0.1, 0.15) is 17.1 Å². The molecule has 1 aliphatic rings. The average Bonchev–Trinajstić information content (AvgIpc) is 2.98. The molecule has 1 aliphatic heterocycles. The van der Waals surface area contributed by atoms with E-state index in [2.05, 4.69) is 20.6 Å². The maximum absolute atomic E-state index is 12.1. The van der Waals surface area contributed by atoms with Crippen molar-refractivity contribution in [1.29, 1.82) is 0 Å². The highest BCUT2D eigenvalue weighted by atomic mass is 16.6. The van der Waals surface area contributed by atoms with Crippen molar-refractivity contribution < 1.29 is 9.53 Å². The summed E-state index contributed by atoms with van der Waals surface area (Å²) in [6, 6.07) is 3.91. The molecule has 2 aromatic heterocycles. The quantitative estimate of drug-likeness (QED) is 0.868. The lowest BCUT2D eigenvalue weighted by molar-refractivity contribution is 0.0188. The maximum atomic E-state index is 12.1. The zero-order valence-electron chi connectivity index (χ0n) is 17.4. The Morgan fingerprint density at radius 2 is 1.96 bits per heavy atom. The first-order valence-corrected chi connectivity index (χ1v) is 9.77. The molecule has 3 rings (SSSR count). The van der Waals surface area contributed by atoms with Crippen LogP contribution in [0.4, 0.5) is 10.6 Å². The van der Waals surface area contributed by atoms with E-state index in [1.807, 2.05) is 57.8 Å². The number of carbonyl (C=O) groups is 1. The molecule has 2 aromatic rings. The van der Waals surface area contributed by atoms with Crippen LogP contribution in [0.3, 0.4) is 0 Å². The monoisotopic (exact) mass is 386 g/mol. The molecule has 1 N–H and O–H groups in total. The van der Waals surface area contributed by atoms with Crippen LogP contribution in [0, 0.1) is 12.8 Å². The van der Waals surface area contributed by atoms with Gasteiger partial charge in [0, 0.05) is 26.7 Å². The van der Waals surface area contributed by atoms with Gasteiger partial charge >= 0.3 is 6.09 Å². The first-order chi connectivity index (χ1) is 13.2. The third-order valence-corrected chi connectivity index (χ3v) is 4.87. The Morgan fingerprint density at radius 1 is 1.25 bits per heavy atom. The molecule has 3 heterocycles. The van der Waals surface area contributed by atoms with Gasteiger partial charge in [0.05, 0.1) is 11.9 Å². The van der Waals surface area contributed by atoms with E-state index in [0.717, 1.165) is 55.2 Å². The van der Waals surface area contributed by atoms with E-state index in [0.29, 0.717) is 5.92 Å². The molecule has 0 spiro atoms. The lowest BCUT2D eigenvalue weighted by Crippen LogP contribution is -2.42. The van der Waals surface area contributed by atoms with Crippen molar-refractivity contribution in [1.82, 2.24) is 24.9 Å². The third-order valence-electron chi connectivity index (χ3n) is 4.87. The van der Waals surface area contributed by atoms with E-state index >= 15 is 0 Å². The lowest BCUT2D eigenvalue weighted by Gasteiger charge is -2.33. The Balaban J connectivity index is 1.47. The van der Waals surface area contributed by atoms with Gasteiger partial charge in [-0.15, -0.1) is 10.2 Å². The number of nitrogens with zero attached hydrogens (tertiary/aromatic N) is 5. The van der Waals surface area contributed by atoms with Crippen molar-refractivity contribution in [2.45, 2.75) is 46.1 Å². The van der Waals surface area contributed by atoms with E-state index in [9.17, 15) is 4.79 Å². The summed E-state index contributed by atoms with van der Waals surface area (Å²) < 4.78 is 7.26. The van der Waals surface area contributed by atoms with Gasteiger partial charge in [0.2, 0.25) is 0 Å². The number of aryl methyl sites for hydroxylation is 2. The fraction of sp³-hybridized carbons (Fsp3) is 0.600. The number of nitrogens with one attached hydrogen (secondary N) is 1. The first-order valence-electron chi connectivity index (χ1n) is 9.77. The topological polar surface area (TPSA) is 85.2 Å². The molecular formula is C20H30N6O2. The van der Waals surface area contributed by atoms with Gasteiger partial charge in [-0.1, -0.05) is 0 Å². The van der Waals surface area contributed by atoms with Gasteiger partial charge in [-0.25, -0.2) is 4.79 Å². The number of piperidine rings is 1. The smallest absolute Gasteiger partial charge is 0.410 e. The highest BCUT2D eigenvalue weighted by Crippen LogP contribution is 2.22. The molecule has 0 saturated carbocycles. The molecule has 0 aliphatic carbocycles. The van der Waals surface area contributed by atoms with Crippen LogP contribution in [0.1, 0.15) is 39.2 Å². The standard InChI is InChI=1S/C20H30N6O2/c1-14-12-22-25(5)18(14)16-6-7-17(24-23-16)21-13-15-8-10-26(11-9-15)19(27)28-20(2,3)4/h6-7,12,15H,8-11,13H2,1-5H3,(H,21,24). The largest absolute Gasteiger partial charge is 0.444 e. The number of rotatable bonds is 4. The molecule has 1 saturated heterocycles. The molecule has 8 heteroatoms. The lowest BCUT2D eigenvalue weighted by atomic mass is 9.97. The Kier molecular flexibility index (Phi) is 5.86. The van der Waals surface area contributed by atoms with Gasteiger partial charge in [-0.2, -0.15) is 5.10 Å². The van der Waals surface area contributed by atoms with Crippen molar-refractivity contribution in [3.8, 4) is 11.4 Å². The SMILES string of the molecule is Cc1cnn(C)c1-c1ccc(NCC2CCN(C(=O)OC(C)(C)C)CC2)nn1. The second kappa shape index (κ2) is 8.16. The number of hydrogen-bond acceptors (Lipinski definition) is 6. The number of ether oxygens (including phenoxy) is 1. The minimum absolute atomic E-state index is 0.217. The van der Waals surface area contributed by atoms with Crippen LogP contribution >= 0.6 is 0 Å². The molecule has 1 amide bonds. The highest BCUT2D eigenvalue weighted by molar-refractivity contribution is 5.68. The van der Waals surface area contributed by atoms with Crippen molar-refractivity contribution in [2.24, 2.45) is 13.0 Å². The Bertz CT molecular complexity index is 782. The van der Waals surface area contributed by atoms with Gasteiger partial charge in [-0.05, 0) is 64.2 Å². The van der Waals surface area contributed by atoms with Crippen LogP contribution in [0.5, 0.6) is 0 Å². The Hall–Kier alpha value is -2.64. The van der Waals surface area contributed by atoms with E-state index in [1.54, 1.807) is 4.90 Å². The van der Waals surface area contributed by atoms with Crippen molar-refractivity contribution >= 4 is 11.9 Å². The molecule has 8 nitrogen and oxygen atoms in total. The normalized spacial score (nSPS) is 15.5. The van der Waals surface area contributed by atoms with Gasteiger partial charge < -0.3 is 15.0 Å². The van der Waals surface area contributed by atoms with Crippen LogP contribution in [-0.2, 0) is 11.8 Å². The van der Waals surface area contributed by atoms with E-state index in [1.165, 1.54) is 0 Å². The number of carbonyl (C=O) groups excluding carboxylic acids is 1. The Morgan fingerprint density at radius 3 is 2.50 bits per heavy atom. The molecule has 0 aromatic carbocycles.